The molecular formula is C14H20N4OS2. The van der Waals surface area contributed by atoms with Crippen molar-refractivity contribution in [3.8, 4) is 0 Å². The molecule has 0 aromatic carbocycles. The van der Waals surface area contributed by atoms with Crippen LogP contribution in [0.5, 0.6) is 0 Å². The van der Waals surface area contributed by atoms with Gasteiger partial charge in [-0.3, -0.25) is 0 Å². The Kier molecular flexibility index (Phi) is 5.69. The van der Waals surface area contributed by atoms with Crippen LogP contribution >= 0.6 is 22.7 Å². The normalized spacial score (nSPS) is 12.1. The van der Waals surface area contributed by atoms with Gasteiger partial charge in [0.15, 0.2) is 0 Å². The van der Waals surface area contributed by atoms with Crippen molar-refractivity contribution in [1.29, 1.82) is 0 Å². The molecule has 2 heterocycles. The second-order valence-corrected chi connectivity index (χ2v) is 6.84. The summed E-state index contributed by atoms with van der Waals surface area (Å²) in [5, 5.41) is 6.86. The molecule has 1 N–H and O–H groups in total. The molecule has 0 spiro atoms. The number of urea groups is 1. The molecule has 21 heavy (non-hydrogen) atoms. The predicted octanol–water partition coefficient (Wildman–Crippen LogP) is 3.45. The highest BCUT2D eigenvalue weighted by molar-refractivity contribution is 7.11. The van der Waals surface area contributed by atoms with Crippen LogP contribution in [0.3, 0.4) is 0 Å². The third kappa shape index (κ3) is 4.25. The van der Waals surface area contributed by atoms with Crippen molar-refractivity contribution in [2.24, 2.45) is 0 Å². The first kappa shape index (κ1) is 15.9. The molecule has 0 saturated heterocycles. The van der Waals surface area contributed by atoms with Crippen LogP contribution in [0, 0.1) is 0 Å². The first-order valence-electron chi connectivity index (χ1n) is 6.98. The van der Waals surface area contributed by atoms with Gasteiger partial charge in [0.05, 0.1) is 12.6 Å². The van der Waals surface area contributed by atoms with Crippen molar-refractivity contribution in [1.82, 2.24) is 20.2 Å². The Labute approximate surface area is 133 Å². The monoisotopic (exact) mass is 324 g/mol. The van der Waals surface area contributed by atoms with Gasteiger partial charge in [-0.15, -0.1) is 22.7 Å². The van der Waals surface area contributed by atoms with Crippen LogP contribution in [-0.4, -0.2) is 27.9 Å². The van der Waals surface area contributed by atoms with Crippen LogP contribution in [0.1, 0.15) is 41.2 Å². The van der Waals surface area contributed by atoms with Gasteiger partial charge in [-0.25, -0.2) is 14.8 Å². The number of nitrogens with one attached hydrogen (secondary N) is 1. The smallest absolute Gasteiger partial charge is 0.318 e. The van der Waals surface area contributed by atoms with E-state index in [2.05, 4.69) is 22.2 Å². The lowest BCUT2D eigenvalue weighted by Crippen LogP contribution is -2.38. The molecule has 2 aromatic heterocycles. The fraction of sp³-hybridized carbons (Fsp3) is 0.500. The van der Waals surface area contributed by atoms with Crippen molar-refractivity contribution in [2.45, 2.75) is 39.3 Å². The number of carbonyl (C=O) groups is 1. The average molecular weight is 324 g/mol. The van der Waals surface area contributed by atoms with Gasteiger partial charge in [-0.1, -0.05) is 13.8 Å². The molecule has 2 rings (SSSR count). The molecule has 1 unspecified atom stereocenters. The quantitative estimate of drug-likeness (QED) is 0.885. The highest BCUT2D eigenvalue weighted by atomic mass is 32.1. The summed E-state index contributed by atoms with van der Waals surface area (Å²) in [5.41, 5.74) is 0. The summed E-state index contributed by atoms with van der Waals surface area (Å²) < 4.78 is 0. The molecule has 2 amide bonds. The second kappa shape index (κ2) is 7.51. The molecule has 0 aliphatic rings. The first-order chi connectivity index (χ1) is 10.1. The third-order valence-corrected chi connectivity index (χ3v) is 5.14. The third-order valence-electron chi connectivity index (χ3n) is 3.12. The standard InChI is InChI=1S/C14H20N4OS2/c1-4-10-8-16-12(21-10)9-18(3)14(19)17-11(5-2)13-15-6-7-20-13/h6-8,11H,4-5,9H2,1-3H3,(H,17,19). The summed E-state index contributed by atoms with van der Waals surface area (Å²) >= 11 is 3.22. The van der Waals surface area contributed by atoms with Crippen LogP contribution < -0.4 is 5.32 Å². The Morgan fingerprint density at radius 2 is 2.24 bits per heavy atom. The average Bonchev–Trinajstić information content (AvgIpc) is 3.15. The highest BCUT2D eigenvalue weighted by Gasteiger charge is 2.18. The van der Waals surface area contributed by atoms with Gasteiger partial charge in [0.25, 0.3) is 0 Å². The topological polar surface area (TPSA) is 58.1 Å². The molecule has 5 nitrogen and oxygen atoms in total. The minimum atomic E-state index is -0.0923. The number of aromatic nitrogens is 2. The number of rotatable bonds is 6. The van der Waals surface area contributed by atoms with Crippen LogP contribution in [0.4, 0.5) is 4.79 Å². The van der Waals surface area contributed by atoms with E-state index in [1.165, 1.54) is 4.88 Å². The van der Waals surface area contributed by atoms with E-state index in [4.69, 9.17) is 0 Å². The fourth-order valence-electron chi connectivity index (χ4n) is 1.86. The van der Waals surface area contributed by atoms with Gasteiger partial charge in [0, 0.05) is 29.7 Å². The maximum atomic E-state index is 12.3. The number of hydrogen-bond donors (Lipinski definition) is 1. The summed E-state index contributed by atoms with van der Waals surface area (Å²) in [4.78, 5) is 23.8. The van der Waals surface area contributed by atoms with E-state index in [1.54, 1.807) is 40.8 Å². The maximum Gasteiger partial charge on any atom is 0.318 e. The minimum absolute atomic E-state index is 0.0255. The maximum absolute atomic E-state index is 12.3. The summed E-state index contributed by atoms with van der Waals surface area (Å²) in [6.07, 6.45) is 5.45. The molecule has 0 aliphatic heterocycles. The van der Waals surface area contributed by atoms with Gasteiger partial charge in [-0.2, -0.15) is 0 Å². The van der Waals surface area contributed by atoms with E-state index in [0.29, 0.717) is 6.54 Å². The van der Waals surface area contributed by atoms with Crippen molar-refractivity contribution >= 4 is 28.7 Å². The Bertz CT molecular complexity index is 567. The lowest BCUT2D eigenvalue weighted by molar-refractivity contribution is 0.202. The van der Waals surface area contributed by atoms with E-state index in [1.807, 2.05) is 18.5 Å². The number of hydrogen-bond acceptors (Lipinski definition) is 5. The van der Waals surface area contributed by atoms with Gasteiger partial charge in [0.1, 0.15) is 10.0 Å². The number of nitrogens with zero attached hydrogens (tertiary/aromatic N) is 3. The summed E-state index contributed by atoms with van der Waals surface area (Å²) in [5.74, 6) is 0. The first-order valence-corrected chi connectivity index (χ1v) is 8.68. The summed E-state index contributed by atoms with van der Waals surface area (Å²) in [6.45, 7) is 4.68. The molecule has 7 heteroatoms. The fourth-order valence-corrected chi connectivity index (χ4v) is 3.55. The van der Waals surface area contributed by atoms with Gasteiger partial charge in [0.2, 0.25) is 0 Å². The van der Waals surface area contributed by atoms with Crippen LogP contribution in [-0.2, 0) is 13.0 Å². The number of amides is 2. The Morgan fingerprint density at radius 1 is 1.43 bits per heavy atom. The minimum Gasteiger partial charge on any atom is -0.329 e. The van der Waals surface area contributed by atoms with Gasteiger partial charge >= 0.3 is 6.03 Å². The molecule has 0 bridgehead atoms. The van der Waals surface area contributed by atoms with Crippen molar-refractivity contribution in [3.05, 3.63) is 32.7 Å². The SMILES string of the molecule is CCc1cnc(CN(C)C(=O)NC(CC)c2nccs2)s1. The highest BCUT2D eigenvalue weighted by Crippen LogP contribution is 2.19. The Morgan fingerprint density at radius 3 is 2.81 bits per heavy atom. The zero-order valence-corrected chi connectivity index (χ0v) is 14.1. The predicted molar refractivity (Wildman–Crippen MR) is 86.6 cm³/mol. The Balaban J connectivity index is 1.92. The molecule has 0 radical (unpaired) electrons. The van der Waals surface area contributed by atoms with Crippen molar-refractivity contribution in [3.63, 3.8) is 0 Å². The van der Waals surface area contributed by atoms with Gasteiger partial charge in [-0.05, 0) is 12.8 Å². The van der Waals surface area contributed by atoms with Crippen LogP contribution in [0.25, 0.3) is 0 Å². The van der Waals surface area contributed by atoms with Gasteiger partial charge < -0.3 is 10.2 Å². The number of aryl methyl sites for hydroxylation is 1. The van der Waals surface area contributed by atoms with Crippen molar-refractivity contribution < 1.29 is 4.79 Å². The molecule has 2 aromatic rings. The van der Waals surface area contributed by atoms with Crippen LogP contribution in [0.2, 0.25) is 0 Å². The van der Waals surface area contributed by atoms with E-state index >= 15 is 0 Å². The summed E-state index contributed by atoms with van der Waals surface area (Å²) in [6, 6.07) is -0.118. The molecule has 0 saturated carbocycles. The largest absolute Gasteiger partial charge is 0.329 e. The molecule has 0 aliphatic carbocycles. The zero-order valence-electron chi connectivity index (χ0n) is 12.5. The van der Waals surface area contributed by atoms with Crippen LogP contribution in [0.15, 0.2) is 17.8 Å². The summed E-state index contributed by atoms with van der Waals surface area (Å²) in [7, 11) is 1.79. The van der Waals surface area contributed by atoms with Crippen molar-refractivity contribution in [2.75, 3.05) is 7.05 Å². The number of carbonyl (C=O) groups excluding carboxylic acids is 1. The molecule has 0 fully saturated rings. The van der Waals surface area contributed by atoms with E-state index in [-0.39, 0.29) is 12.1 Å². The second-order valence-electron chi connectivity index (χ2n) is 4.71. The lowest BCUT2D eigenvalue weighted by atomic mass is 10.2. The molecule has 1 atom stereocenters. The van der Waals surface area contributed by atoms with E-state index in [0.717, 1.165) is 22.9 Å². The Hall–Kier alpha value is -1.47. The molecule has 114 valence electrons. The van der Waals surface area contributed by atoms with E-state index < -0.39 is 0 Å². The lowest BCUT2D eigenvalue weighted by Gasteiger charge is -2.21. The zero-order chi connectivity index (χ0) is 15.2. The molecular weight excluding hydrogens is 304 g/mol. The number of thiazole rings is 2. The van der Waals surface area contributed by atoms with E-state index in [9.17, 15) is 4.79 Å².